The maximum Gasteiger partial charge on any atom is 0.412 e. The molecule has 3 aromatic rings. The van der Waals surface area contributed by atoms with Crippen molar-refractivity contribution in [3.8, 4) is 11.1 Å². The summed E-state index contributed by atoms with van der Waals surface area (Å²) >= 11 is 0. The average Bonchev–Trinajstić information content (AvgIpc) is 3.45. The highest BCUT2D eigenvalue weighted by Gasteiger charge is 2.30. The third kappa shape index (κ3) is 3.90. The van der Waals surface area contributed by atoms with E-state index < -0.39 is 18.0 Å². The Hall–Kier alpha value is -4.47. The Labute approximate surface area is 193 Å². The van der Waals surface area contributed by atoms with Crippen LogP contribution in [-0.2, 0) is 9.53 Å². The van der Waals surface area contributed by atoms with Gasteiger partial charge in [-0.3, -0.25) is 10.1 Å². The summed E-state index contributed by atoms with van der Waals surface area (Å²) < 4.78 is 10.1. The van der Waals surface area contributed by atoms with Crippen LogP contribution in [-0.4, -0.2) is 58.0 Å². The zero-order valence-corrected chi connectivity index (χ0v) is 17.9. The highest BCUT2D eigenvalue weighted by atomic mass is 16.6. The minimum absolute atomic E-state index is 0.101. The van der Waals surface area contributed by atoms with Crippen LogP contribution in [0, 0.1) is 0 Å². The van der Waals surface area contributed by atoms with Crippen LogP contribution in [0.3, 0.4) is 0 Å². The number of carboxylic acids is 1. The quantitative estimate of drug-likeness (QED) is 0.592. The van der Waals surface area contributed by atoms with Crippen molar-refractivity contribution < 1.29 is 28.9 Å². The summed E-state index contributed by atoms with van der Waals surface area (Å²) in [6, 6.07) is 16.0. The number of aromatic nitrogens is 2. The normalized spacial score (nSPS) is 14.7. The van der Waals surface area contributed by atoms with Gasteiger partial charge in [0.15, 0.2) is 0 Å². The van der Waals surface area contributed by atoms with E-state index in [0.29, 0.717) is 0 Å². The first-order valence-electron chi connectivity index (χ1n) is 10.7. The van der Waals surface area contributed by atoms with E-state index in [1.165, 1.54) is 11.0 Å². The smallest absolute Gasteiger partial charge is 0.412 e. The maximum absolute atomic E-state index is 12.8. The molecule has 0 radical (unpaired) electrons. The van der Waals surface area contributed by atoms with Gasteiger partial charge in [0, 0.05) is 24.6 Å². The average molecular weight is 460 g/mol. The van der Waals surface area contributed by atoms with E-state index in [1.54, 1.807) is 0 Å². The van der Waals surface area contributed by atoms with Crippen LogP contribution >= 0.6 is 0 Å². The zero-order chi connectivity index (χ0) is 23.7. The van der Waals surface area contributed by atoms with Crippen molar-refractivity contribution in [1.29, 1.82) is 0 Å². The van der Waals surface area contributed by atoms with Gasteiger partial charge in [0.05, 0.1) is 0 Å². The number of ether oxygens (including phenoxy) is 1. The van der Waals surface area contributed by atoms with Crippen LogP contribution in [0.25, 0.3) is 11.1 Å². The fraction of sp³-hybridized carbons (Fsp3) is 0.208. The Morgan fingerprint density at radius 3 is 2.35 bits per heavy atom. The highest BCUT2D eigenvalue weighted by molar-refractivity contribution is 6.00. The van der Waals surface area contributed by atoms with E-state index in [2.05, 4.69) is 20.3 Å². The molecule has 2 amide bonds. The molecule has 34 heavy (non-hydrogen) atoms. The number of carbonyl (C=O) groups excluding carboxylic acids is 2. The van der Waals surface area contributed by atoms with Crippen molar-refractivity contribution >= 4 is 23.8 Å². The minimum atomic E-state index is -1.01. The van der Waals surface area contributed by atoms with Crippen molar-refractivity contribution in [3.63, 3.8) is 0 Å². The largest absolute Gasteiger partial charge is 0.478 e. The number of benzene rings is 2. The molecule has 0 spiro atoms. The van der Waals surface area contributed by atoms with Gasteiger partial charge in [-0.25, -0.2) is 14.2 Å². The number of hydrogen-bond acceptors (Lipinski definition) is 7. The van der Waals surface area contributed by atoms with E-state index >= 15 is 0 Å². The van der Waals surface area contributed by atoms with Gasteiger partial charge in [0.2, 0.25) is 11.5 Å². The standard InChI is InChI=1S/C24H20N4O6/c29-22(28-11-9-14(10-12-28)23(30)31)20-21(27-34-26-20)25-24(32)33-13-19-17-7-3-1-5-15(17)16-6-2-4-8-18(16)19/h1-9,19H,10-13H2,(H,30,31)(H,25,27,32). The second kappa shape index (κ2) is 8.81. The number of hydrogen-bond donors (Lipinski definition) is 2. The Balaban J connectivity index is 1.25. The van der Waals surface area contributed by atoms with Crippen LogP contribution in [0.4, 0.5) is 10.6 Å². The van der Waals surface area contributed by atoms with Crippen molar-refractivity contribution in [3.05, 3.63) is 77.0 Å². The molecular weight excluding hydrogens is 440 g/mol. The summed E-state index contributed by atoms with van der Waals surface area (Å²) in [5.41, 5.74) is 4.45. The molecule has 10 heteroatoms. The van der Waals surface area contributed by atoms with Crippen molar-refractivity contribution in [2.24, 2.45) is 0 Å². The van der Waals surface area contributed by atoms with Gasteiger partial charge in [-0.15, -0.1) is 0 Å². The maximum atomic E-state index is 12.8. The molecule has 0 saturated carbocycles. The molecule has 10 nitrogen and oxygen atoms in total. The molecule has 0 atom stereocenters. The first-order valence-corrected chi connectivity index (χ1v) is 10.7. The van der Waals surface area contributed by atoms with E-state index in [1.807, 2.05) is 48.5 Å². The van der Waals surface area contributed by atoms with Crippen LogP contribution in [0.15, 0.2) is 64.8 Å². The van der Waals surface area contributed by atoms with Crippen molar-refractivity contribution in [2.75, 3.05) is 25.0 Å². The Morgan fingerprint density at radius 2 is 1.74 bits per heavy atom. The monoisotopic (exact) mass is 460 g/mol. The third-order valence-corrected chi connectivity index (χ3v) is 6.03. The third-order valence-electron chi connectivity index (χ3n) is 6.03. The molecule has 2 aromatic carbocycles. The summed E-state index contributed by atoms with van der Waals surface area (Å²) in [5.74, 6) is -1.81. The molecule has 0 saturated heterocycles. The first kappa shape index (κ1) is 21.4. The lowest BCUT2D eigenvalue weighted by Gasteiger charge is -2.24. The number of aliphatic carboxylic acids is 1. The van der Waals surface area contributed by atoms with E-state index in [9.17, 15) is 14.4 Å². The lowest BCUT2D eigenvalue weighted by atomic mass is 9.98. The summed E-state index contributed by atoms with van der Waals surface area (Å²) in [7, 11) is 0. The van der Waals surface area contributed by atoms with Crippen LogP contribution in [0.2, 0.25) is 0 Å². The zero-order valence-electron chi connectivity index (χ0n) is 17.9. The van der Waals surface area contributed by atoms with Gasteiger partial charge < -0.3 is 14.7 Å². The first-order chi connectivity index (χ1) is 16.5. The number of anilines is 1. The number of carboxylic acid groups (broad SMARTS) is 1. The number of fused-ring (bicyclic) bond motifs is 3. The molecule has 0 unspecified atom stereocenters. The van der Waals surface area contributed by atoms with Gasteiger partial charge in [0.25, 0.3) is 5.91 Å². The fourth-order valence-corrected chi connectivity index (χ4v) is 4.34. The topological polar surface area (TPSA) is 135 Å². The van der Waals surface area contributed by atoms with Gasteiger partial charge in [0.1, 0.15) is 6.61 Å². The molecule has 0 bridgehead atoms. The van der Waals surface area contributed by atoms with E-state index in [-0.39, 0.29) is 49.1 Å². The lowest BCUT2D eigenvalue weighted by molar-refractivity contribution is -0.133. The Bertz CT molecular complexity index is 1270. The van der Waals surface area contributed by atoms with E-state index in [0.717, 1.165) is 22.3 Å². The second-order valence-corrected chi connectivity index (χ2v) is 7.95. The molecule has 0 fully saturated rings. The van der Waals surface area contributed by atoms with Crippen LogP contribution in [0.1, 0.15) is 34.0 Å². The predicted octanol–water partition coefficient (Wildman–Crippen LogP) is 3.29. The molecule has 1 aliphatic heterocycles. The Morgan fingerprint density at radius 1 is 1.06 bits per heavy atom. The molecule has 1 aromatic heterocycles. The number of nitrogens with zero attached hydrogens (tertiary/aromatic N) is 3. The predicted molar refractivity (Wildman–Crippen MR) is 119 cm³/mol. The second-order valence-electron chi connectivity index (χ2n) is 7.95. The SMILES string of the molecule is O=C(Nc1nonc1C(=O)N1CC=C(C(=O)O)CC1)OCC1c2ccccc2-c2ccccc21. The van der Waals surface area contributed by atoms with Crippen LogP contribution in [0.5, 0.6) is 0 Å². The van der Waals surface area contributed by atoms with Crippen molar-refractivity contribution in [2.45, 2.75) is 12.3 Å². The number of nitrogens with one attached hydrogen (secondary N) is 1. The molecule has 2 aliphatic rings. The van der Waals surface area contributed by atoms with E-state index in [4.69, 9.17) is 9.84 Å². The number of rotatable bonds is 5. The molecular formula is C24H20N4O6. The Kier molecular flexibility index (Phi) is 5.54. The van der Waals surface area contributed by atoms with Gasteiger partial charge in [-0.2, -0.15) is 0 Å². The summed E-state index contributed by atoms with van der Waals surface area (Å²) in [6.07, 6.45) is 0.885. The van der Waals surface area contributed by atoms with Gasteiger partial charge in [-0.1, -0.05) is 54.6 Å². The summed E-state index contributed by atoms with van der Waals surface area (Å²) in [4.78, 5) is 37.7. The summed E-state index contributed by atoms with van der Waals surface area (Å²) in [6.45, 7) is 0.412. The lowest BCUT2D eigenvalue weighted by Crippen LogP contribution is -2.36. The molecule has 5 rings (SSSR count). The van der Waals surface area contributed by atoms with Crippen molar-refractivity contribution in [1.82, 2.24) is 15.2 Å². The molecule has 2 N–H and O–H groups in total. The highest BCUT2D eigenvalue weighted by Crippen LogP contribution is 2.44. The van der Waals surface area contributed by atoms with Crippen LogP contribution < -0.4 is 5.32 Å². The molecule has 2 heterocycles. The van der Waals surface area contributed by atoms with Gasteiger partial charge in [-0.05, 0) is 39.0 Å². The number of amides is 2. The van der Waals surface area contributed by atoms with Gasteiger partial charge >= 0.3 is 12.1 Å². The molecule has 172 valence electrons. The summed E-state index contributed by atoms with van der Waals surface area (Å²) in [5, 5.41) is 18.7. The molecule has 1 aliphatic carbocycles. The minimum Gasteiger partial charge on any atom is -0.478 e. The number of carbonyl (C=O) groups is 3. The fourth-order valence-electron chi connectivity index (χ4n) is 4.34.